The van der Waals surface area contributed by atoms with Crippen LogP contribution in [-0.4, -0.2) is 59.7 Å². The van der Waals surface area contributed by atoms with Crippen LogP contribution in [0.4, 0.5) is 13.2 Å². The number of amides is 3. The molecule has 1 atom stereocenters. The van der Waals surface area contributed by atoms with Gasteiger partial charge in [0.2, 0.25) is 5.91 Å². The number of rotatable bonds is 5. The number of hydrogen-bond acceptors (Lipinski definition) is 3. The highest BCUT2D eigenvalue weighted by molar-refractivity contribution is 5.97. The van der Waals surface area contributed by atoms with Crippen molar-refractivity contribution in [3.05, 3.63) is 71.3 Å². The Hall–Kier alpha value is -3.36. The van der Waals surface area contributed by atoms with Crippen LogP contribution < -0.4 is 5.32 Å². The van der Waals surface area contributed by atoms with E-state index in [0.29, 0.717) is 44.6 Å². The first kappa shape index (κ1) is 24.8. The summed E-state index contributed by atoms with van der Waals surface area (Å²) in [6, 6.07) is 12.2. The average molecular weight is 488 g/mol. The first-order chi connectivity index (χ1) is 16.7. The molecule has 2 heterocycles. The molecule has 3 amide bonds. The van der Waals surface area contributed by atoms with Crippen LogP contribution in [0.2, 0.25) is 0 Å². The number of carbonyl (C=O) groups excluding carboxylic acids is 3. The number of carbonyl (C=O) groups is 3. The lowest BCUT2D eigenvalue weighted by Crippen LogP contribution is -2.54. The van der Waals surface area contributed by atoms with Crippen molar-refractivity contribution < 1.29 is 27.6 Å². The highest BCUT2D eigenvalue weighted by atomic mass is 19.4. The van der Waals surface area contributed by atoms with Crippen LogP contribution in [0.3, 0.4) is 0 Å². The molecule has 2 saturated heterocycles. The molecule has 0 radical (unpaired) electrons. The summed E-state index contributed by atoms with van der Waals surface area (Å²) >= 11 is 0. The number of hydrogen-bond donors (Lipinski definition) is 1. The maximum absolute atomic E-state index is 13.3. The lowest BCUT2D eigenvalue weighted by Gasteiger charge is -2.37. The molecule has 4 rings (SSSR count). The van der Waals surface area contributed by atoms with E-state index in [1.165, 1.54) is 12.1 Å². The summed E-state index contributed by atoms with van der Waals surface area (Å²) in [6.45, 7) is 2.05. The molecule has 2 aromatic rings. The topological polar surface area (TPSA) is 69.7 Å². The zero-order valence-electron chi connectivity index (χ0n) is 19.3. The fraction of sp³-hybridized carbons (Fsp3) is 0.423. The predicted molar refractivity (Wildman–Crippen MR) is 124 cm³/mol. The van der Waals surface area contributed by atoms with E-state index in [4.69, 9.17) is 0 Å². The molecular weight excluding hydrogens is 459 g/mol. The van der Waals surface area contributed by atoms with Crippen molar-refractivity contribution in [3.8, 4) is 0 Å². The van der Waals surface area contributed by atoms with Gasteiger partial charge in [-0.25, -0.2) is 0 Å². The van der Waals surface area contributed by atoms with Gasteiger partial charge < -0.3 is 15.1 Å². The van der Waals surface area contributed by atoms with E-state index in [1.807, 2.05) is 6.07 Å². The Balaban J connectivity index is 1.43. The fourth-order valence-corrected chi connectivity index (χ4v) is 4.75. The Bertz CT molecular complexity index is 1040. The number of benzene rings is 2. The molecule has 2 aliphatic heterocycles. The zero-order valence-corrected chi connectivity index (χ0v) is 19.3. The predicted octanol–water partition coefficient (Wildman–Crippen LogP) is 3.98. The molecule has 9 heteroatoms. The third kappa shape index (κ3) is 5.83. The minimum atomic E-state index is -4.46. The molecular formula is C26H28F3N3O3. The standard InChI is InChI=1S/C26H28F3N3O3/c27-26(28,29)21-10-8-20(9-11-21)24(34)32-16-12-18(13-17-32)22(25(35)31-14-4-5-15-31)30-23(33)19-6-2-1-3-7-19/h1-3,6-11,18,22H,4-5,12-17H2,(H,30,33)/t22-/m1/s1. The van der Waals surface area contributed by atoms with Crippen LogP contribution in [0, 0.1) is 5.92 Å². The van der Waals surface area contributed by atoms with E-state index in [2.05, 4.69) is 5.32 Å². The van der Waals surface area contributed by atoms with E-state index in [0.717, 1.165) is 25.0 Å². The first-order valence-corrected chi connectivity index (χ1v) is 11.9. The van der Waals surface area contributed by atoms with Crippen LogP contribution in [0.25, 0.3) is 0 Å². The molecule has 0 unspecified atom stereocenters. The summed E-state index contributed by atoms with van der Waals surface area (Å²) in [5.74, 6) is -0.897. The summed E-state index contributed by atoms with van der Waals surface area (Å²) in [7, 11) is 0. The summed E-state index contributed by atoms with van der Waals surface area (Å²) in [5.41, 5.74) is -0.134. The van der Waals surface area contributed by atoms with Crippen LogP contribution in [-0.2, 0) is 11.0 Å². The van der Waals surface area contributed by atoms with Crippen LogP contribution in [0.15, 0.2) is 54.6 Å². The van der Waals surface area contributed by atoms with Gasteiger partial charge in [0.1, 0.15) is 6.04 Å². The number of alkyl halides is 3. The molecule has 1 N–H and O–H groups in total. The summed E-state index contributed by atoms with van der Waals surface area (Å²) in [5, 5.41) is 2.94. The SMILES string of the molecule is O=C(N[C@@H](C(=O)N1CCCC1)C1CCN(C(=O)c2ccc(C(F)(F)F)cc2)CC1)c1ccccc1. The molecule has 0 aliphatic carbocycles. The van der Waals surface area contributed by atoms with Gasteiger partial charge in [-0.3, -0.25) is 14.4 Å². The number of nitrogens with one attached hydrogen (secondary N) is 1. The van der Waals surface area contributed by atoms with Crippen molar-refractivity contribution in [2.45, 2.75) is 37.9 Å². The van der Waals surface area contributed by atoms with Crippen molar-refractivity contribution in [2.24, 2.45) is 5.92 Å². The van der Waals surface area contributed by atoms with Gasteiger partial charge in [-0.15, -0.1) is 0 Å². The van der Waals surface area contributed by atoms with Gasteiger partial charge in [-0.2, -0.15) is 13.2 Å². The Morgan fingerprint density at radius 3 is 1.97 bits per heavy atom. The van der Waals surface area contributed by atoms with Gasteiger partial charge in [0.25, 0.3) is 11.8 Å². The zero-order chi connectivity index (χ0) is 25.0. The quantitative estimate of drug-likeness (QED) is 0.694. The summed E-state index contributed by atoms with van der Waals surface area (Å²) in [4.78, 5) is 42.4. The normalized spacial score (nSPS) is 17.8. The molecule has 186 valence electrons. The van der Waals surface area contributed by atoms with Gasteiger partial charge >= 0.3 is 6.18 Å². The lowest BCUT2D eigenvalue weighted by molar-refractivity contribution is -0.137. The molecule has 35 heavy (non-hydrogen) atoms. The van der Waals surface area contributed by atoms with E-state index >= 15 is 0 Å². The van der Waals surface area contributed by atoms with Crippen molar-refractivity contribution in [2.75, 3.05) is 26.2 Å². The maximum Gasteiger partial charge on any atom is 0.416 e. The van der Waals surface area contributed by atoms with Gasteiger partial charge in [-0.1, -0.05) is 18.2 Å². The van der Waals surface area contributed by atoms with Crippen molar-refractivity contribution >= 4 is 17.7 Å². The minimum Gasteiger partial charge on any atom is -0.341 e. The third-order valence-corrected chi connectivity index (χ3v) is 6.76. The molecule has 6 nitrogen and oxygen atoms in total. The van der Waals surface area contributed by atoms with Gasteiger partial charge in [0, 0.05) is 37.3 Å². The lowest BCUT2D eigenvalue weighted by atomic mass is 9.88. The first-order valence-electron chi connectivity index (χ1n) is 11.9. The molecule has 2 aliphatic rings. The van der Waals surface area contributed by atoms with E-state index in [-0.39, 0.29) is 29.2 Å². The van der Waals surface area contributed by atoms with Crippen molar-refractivity contribution in [1.82, 2.24) is 15.1 Å². The number of halogens is 3. The third-order valence-electron chi connectivity index (χ3n) is 6.76. The second-order valence-corrected chi connectivity index (χ2v) is 9.05. The molecule has 0 saturated carbocycles. The Labute approximate surface area is 202 Å². The fourth-order valence-electron chi connectivity index (χ4n) is 4.75. The smallest absolute Gasteiger partial charge is 0.341 e. The highest BCUT2D eigenvalue weighted by Gasteiger charge is 2.37. The Kier molecular flexibility index (Phi) is 7.42. The van der Waals surface area contributed by atoms with E-state index in [1.54, 1.807) is 34.1 Å². The van der Waals surface area contributed by atoms with Gasteiger partial charge in [0.05, 0.1) is 5.56 Å². The summed E-state index contributed by atoms with van der Waals surface area (Å²) < 4.78 is 38.4. The Morgan fingerprint density at radius 2 is 1.40 bits per heavy atom. The second-order valence-electron chi connectivity index (χ2n) is 9.05. The van der Waals surface area contributed by atoms with Gasteiger partial charge in [-0.05, 0) is 68.0 Å². The highest BCUT2D eigenvalue weighted by Crippen LogP contribution is 2.30. The maximum atomic E-state index is 13.3. The minimum absolute atomic E-state index is 0.0979. The van der Waals surface area contributed by atoms with Crippen molar-refractivity contribution in [1.29, 1.82) is 0 Å². The molecule has 2 fully saturated rings. The largest absolute Gasteiger partial charge is 0.416 e. The number of likely N-dealkylation sites (tertiary alicyclic amines) is 2. The molecule has 0 spiro atoms. The monoisotopic (exact) mass is 487 g/mol. The molecule has 0 aromatic heterocycles. The van der Waals surface area contributed by atoms with Crippen LogP contribution in [0.1, 0.15) is 52.0 Å². The van der Waals surface area contributed by atoms with Crippen LogP contribution in [0.5, 0.6) is 0 Å². The van der Waals surface area contributed by atoms with E-state index < -0.39 is 17.8 Å². The second kappa shape index (κ2) is 10.5. The van der Waals surface area contributed by atoms with Gasteiger partial charge in [0.15, 0.2) is 0 Å². The van der Waals surface area contributed by atoms with Crippen LogP contribution >= 0.6 is 0 Å². The molecule has 2 aromatic carbocycles. The average Bonchev–Trinajstić information content (AvgIpc) is 3.42. The number of piperidine rings is 1. The molecule has 0 bridgehead atoms. The van der Waals surface area contributed by atoms with E-state index in [9.17, 15) is 27.6 Å². The Morgan fingerprint density at radius 1 is 0.800 bits per heavy atom. The summed E-state index contributed by atoms with van der Waals surface area (Å²) in [6.07, 6.45) is -1.57. The van der Waals surface area contributed by atoms with Crippen molar-refractivity contribution in [3.63, 3.8) is 0 Å². The number of nitrogens with zero attached hydrogens (tertiary/aromatic N) is 2.